The second-order valence-electron chi connectivity index (χ2n) is 2.49. The minimum Gasteiger partial charge on any atom is -0.351 e. The number of carbonyl (C=O) groups is 1. The molecule has 1 atom stereocenters. The Labute approximate surface area is 66.0 Å². The third-order valence-electron chi connectivity index (χ3n) is 1.58. The van der Waals surface area contributed by atoms with E-state index in [-0.39, 0.29) is 0 Å². The summed E-state index contributed by atoms with van der Waals surface area (Å²) in [6.07, 6.45) is 2.43. The van der Waals surface area contributed by atoms with Gasteiger partial charge in [0, 0.05) is 20.0 Å². The predicted octanol–water partition coefficient (Wildman–Crippen LogP) is 1.21. The van der Waals surface area contributed by atoms with E-state index in [0.717, 1.165) is 6.29 Å². The predicted molar refractivity (Wildman–Crippen MR) is 39.0 cm³/mol. The van der Waals surface area contributed by atoms with Crippen molar-refractivity contribution >= 4 is 6.29 Å². The van der Waals surface area contributed by atoms with Crippen molar-refractivity contribution in [3.63, 3.8) is 0 Å². The molecule has 0 aliphatic carbocycles. The maximum atomic E-state index is 9.92. The lowest BCUT2D eigenvalue weighted by Gasteiger charge is -2.23. The quantitative estimate of drug-likeness (QED) is 0.210. The maximum Gasteiger partial charge on any atom is 0.198 e. The highest BCUT2D eigenvalue weighted by Gasteiger charge is 2.23. The van der Waals surface area contributed by atoms with Gasteiger partial charge in [0.25, 0.3) is 0 Å². The van der Waals surface area contributed by atoms with Gasteiger partial charge in [0.2, 0.25) is 0 Å². The van der Waals surface area contributed by atoms with Crippen LogP contribution in [0.3, 0.4) is 0 Å². The van der Waals surface area contributed by atoms with Gasteiger partial charge in [0.1, 0.15) is 6.29 Å². The Morgan fingerprint density at radius 2 is 2.27 bits per heavy atom. The normalized spacial score (nSPS) is 15.9. The van der Waals surface area contributed by atoms with E-state index in [1.54, 1.807) is 6.92 Å². The molecule has 0 aromatic rings. The summed E-state index contributed by atoms with van der Waals surface area (Å²) < 4.78 is 4.85. The van der Waals surface area contributed by atoms with Gasteiger partial charge >= 0.3 is 0 Å². The fourth-order valence-corrected chi connectivity index (χ4v) is 0.691. The molecule has 4 nitrogen and oxygen atoms in total. The number of ether oxygens (including phenoxy) is 1. The molecule has 0 aliphatic rings. The van der Waals surface area contributed by atoms with Crippen LogP contribution in [0.5, 0.6) is 0 Å². The lowest BCUT2D eigenvalue weighted by molar-refractivity contribution is -0.393. The molecular formula is C7H14O4. The third kappa shape index (κ3) is 4.08. The molecule has 0 amide bonds. The summed E-state index contributed by atoms with van der Waals surface area (Å²) in [5.74, 6) is -0.969. The van der Waals surface area contributed by atoms with Crippen LogP contribution in [0.2, 0.25) is 0 Å². The first-order chi connectivity index (χ1) is 5.18. The average molecular weight is 162 g/mol. The van der Waals surface area contributed by atoms with Crippen LogP contribution < -0.4 is 0 Å². The molecule has 11 heavy (non-hydrogen) atoms. The fraction of sp³-hybridized carbons (Fsp3) is 0.857. The number of carbonyl (C=O) groups excluding carboxylic acids is 1. The first-order valence-electron chi connectivity index (χ1n) is 3.50. The molecule has 0 aromatic heterocycles. The molecule has 0 aliphatic heterocycles. The highest BCUT2D eigenvalue weighted by atomic mass is 17.1. The Morgan fingerprint density at radius 1 is 1.64 bits per heavy atom. The van der Waals surface area contributed by atoms with Crippen molar-refractivity contribution in [1.29, 1.82) is 0 Å². The van der Waals surface area contributed by atoms with Gasteiger partial charge < -0.3 is 9.53 Å². The number of unbranched alkanes of at least 4 members (excludes halogenated alkanes) is 1. The van der Waals surface area contributed by atoms with Crippen LogP contribution in [0, 0.1) is 0 Å². The van der Waals surface area contributed by atoms with E-state index in [9.17, 15) is 4.79 Å². The summed E-state index contributed by atoms with van der Waals surface area (Å²) in [7, 11) is 1.44. The zero-order chi connectivity index (χ0) is 8.74. The van der Waals surface area contributed by atoms with Gasteiger partial charge in [-0.25, -0.2) is 10.1 Å². The molecule has 4 heteroatoms. The molecule has 0 saturated carbocycles. The Morgan fingerprint density at radius 3 is 2.64 bits per heavy atom. The number of hydrogen-bond acceptors (Lipinski definition) is 4. The molecule has 0 rings (SSSR count). The summed E-state index contributed by atoms with van der Waals surface area (Å²) in [5, 5.41) is 8.37. The second kappa shape index (κ2) is 5.23. The lowest BCUT2D eigenvalue weighted by atomic mass is 10.1. The van der Waals surface area contributed by atoms with Crippen LogP contribution in [0.25, 0.3) is 0 Å². The minimum absolute atomic E-state index is 0.461. The van der Waals surface area contributed by atoms with Gasteiger partial charge in [-0.05, 0) is 13.3 Å². The average Bonchev–Trinajstić information content (AvgIpc) is 2.05. The molecular weight excluding hydrogens is 148 g/mol. The van der Waals surface area contributed by atoms with Crippen molar-refractivity contribution in [3.8, 4) is 0 Å². The number of methoxy groups -OCH3 is 1. The van der Waals surface area contributed by atoms with Crippen LogP contribution in [-0.4, -0.2) is 24.4 Å². The molecule has 0 heterocycles. The summed E-state index contributed by atoms with van der Waals surface area (Å²) in [6, 6.07) is 0. The van der Waals surface area contributed by atoms with Crippen LogP contribution in [0.1, 0.15) is 26.2 Å². The molecule has 1 unspecified atom stereocenters. The van der Waals surface area contributed by atoms with Crippen LogP contribution in [0.15, 0.2) is 0 Å². The van der Waals surface area contributed by atoms with E-state index in [4.69, 9.17) is 9.99 Å². The van der Waals surface area contributed by atoms with Gasteiger partial charge in [-0.2, -0.15) is 0 Å². The first kappa shape index (κ1) is 10.6. The van der Waals surface area contributed by atoms with Crippen LogP contribution in [0.4, 0.5) is 0 Å². The summed E-state index contributed by atoms with van der Waals surface area (Å²) in [4.78, 5) is 14.0. The van der Waals surface area contributed by atoms with Gasteiger partial charge in [-0.15, -0.1) is 0 Å². The van der Waals surface area contributed by atoms with E-state index >= 15 is 0 Å². The SMILES string of the molecule is COC(C)(CCCC=O)OO. The van der Waals surface area contributed by atoms with Crippen molar-refractivity contribution in [3.05, 3.63) is 0 Å². The van der Waals surface area contributed by atoms with E-state index in [1.807, 2.05) is 0 Å². The van der Waals surface area contributed by atoms with Crippen molar-refractivity contribution in [2.75, 3.05) is 7.11 Å². The van der Waals surface area contributed by atoms with Crippen molar-refractivity contribution in [1.82, 2.24) is 0 Å². The van der Waals surface area contributed by atoms with E-state index < -0.39 is 5.79 Å². The second-order valence-corrected chi connectivity index (χ2v) is 2.49. The van der Waals surface area contributed by atoms with Crippen LogP contribution in [-0.2, 0) is 14.4 Å². The third-order valence-corrected chi connectivity index (χ3v) is 1.58. The number of rotatable bonds is 6. The molecule has 0 saturated heterocycles. The van der Waals surface area contributed by atoms with Gasteiger partial charge in [-0.3, -0.25) is 0 Å². The Bertz CT molecular complexity index is 109. The van der Waals surface area contributed by atoms with E-state index in [2.05, 4.69) is 4.89 Å². The largest absolute Gasteiger partial charge is 0.351 e. The molecule has 66 valence electrons. The van der Waals surface area contributed by atoms with Gasteiger partial charge in [-0.1, -0.05) is 0 Å². The molecule has 0 radical (unpaired) electrons. The van der Waals surface area contributed by atoms with Gasteiger partial charge in [0.05, 0.1) is 0 Å². The molecule has 0 bridgehead atoms. The van der Waals surface area contributed by atoms with Crippen LogP contribution >= 0.6 is 0 Å². The molecule has 0 spiro atoms. The first-order valence-corrected chi connectivity index (χ1v) is 3.50. The maximum absolute atomic E-state index is 9.92. The number of aldehydes is 1. The minimum atomic E-state index is -0.969. The summed E-state index contributed by atoms with van der Waals surface area (Å²) >= 11 is 0. The monoisotopic (exact) mass is 162 g/mol. The Balaban J connectivity index is 3.59. The van der Waals surface area contributed by atoms with Crippen molar-refractivity contribution in [2.24, 2.45) is 0 Å². The highest BCUT2D eigenvalue weighted by Crippen LogP contribution is 2.17. The van der Waals surface area contributed by atoms with Gasteiger partial charge in [0.15, 0.2) is 5.79 Å². The number of hydrogen-bond donors (Lipinski definition) is 1. The zero-order valence-electron chi connectivity index (χ0n) is 6.87. The van der Waals surface area contributed by atoms with E-state index in [0.29, 0.717) is 19.3 Å². The Hall–Kier alpha value is -0.450. The lowest BCUT2D eigenvalue weighted by Crippen LogP contribution is -2.29. The van der Waals surface area contributed by atoms with Crippen molar-refractivity contribution < 1.29 is 19.7 Å². The summed E-state index contributed by atoms with van der Waals surface area (Å²) in [6.45, 7) is 1.61. The fourth-order valence-electron chi connectivity index (χ4n) is 0.691. The summed E-state index contributed by atoms with van der Waals surface area (Å²) in [5.41, 5.74) is 0. The molecule has 0 aromatic carbocycles. The topological polar surface area (TPSA) is 55.8 Å². The standard InChI is InChI=1S/C7H14O4/c1-7(10-2,11-9)5-3-4-6-8/h6,9H,3-5H2,1-2H3. The van der Waals surface area contributed by atoms with Crippen molar-refractivity contribution in [2.45, 2.75) is 32.0 Å². The zero-order valence-corrected chi connectivity index (χ0v) is 6.87. The highest BCUT2D eigenvalue weighted by molar-refractivity contribution is 5.48. The van der Waals surface area contributed by atoms with E-state index in [1.165, 1.54) is 7.11 Å². The Kier molecular flexibility index (Phi) is 5.02. The smallest absolute Gasteiger partial charge is 0.198 e. The molecule has 1 N–H and O–H groups in total. The molecule has 0 fully saturated rings.